The minimum atomic E-state index is -1.41. The van der Waals surface area contributed by atoms with E-state index >= 15 is 0 Å². The number of rotatable bonds is 8. The molecule has 0 aliphatic heterocycles. The maximum absolute atomic E-state index is 14.0. The number of Topliss-reactive ketones (excluding diaryl/α,β-unsaturated/α-hetero) is 1. The molecule has 0 aliphatic rings. The molecule has 3 rings (SSSR count). The van der Waals surface area contributed by atoms with E-state index in [2.05, 4.69) is 0 Å². The van der Waals surface area contributed by atoms with Crippen molar-refractivity contribution in [1.29, 1.82) is 0 Å². The first-order valence-corrected chi connectivity index (χ1v) is 9.94. The quantitative estimate of drug-likeness (QED) is 0.384. The number of aliphatic hydroxyl groups excluding tert-OH is 2. The van der Waals surface area contributed by atoms with Crippen LogP contribution < -0.4 is 0 Å². The molecule has 0 saturated heterocycles. The number of carbonyl (C=O) groups excluding carboxylic acids is 1. The number of ketones is 1. The number of aromatic carboxylic acids is 2. The maximum atomic E-state index is 14.0. The Kier molecular flexibility index (Phi) is 7.01. The summed E-state index contributed by atoms with van der Waals surface area (Å²) in [7, 11) is 0. The molecular formula is C25H21FO7. The molecular weight excluding hydrogens is 431 g/mol. The van der Waals surface area contributed by atoms with Crippen LogP contribution in [0.2, 0.25) is 0 Å². The van der Waals surface area contributed by atoms with Crippen molar-refractivity contribution in [3.05, 3.63) is 93.8 Å². The van der Waals surface area contributed by atoms with Gasteiger partial charge in [-0.15, -0.1) is 0 Å². The van der Waals surface area contributed by atoms with Crippen LogP contribution in [0.1, 0.15) is 53.9 Å². The van der Waals surface area contributed by atoms with E-state index in [0.29, 0.717) is 16.7 Å². The summed E-state index contributed by atoms with van der Waals surface area (Å²) in [6, 6.07) is 12.5. The number of benzene rings is 3. The molecule has 0 amide bonds. The second-order valence-corrected chi connectivity index (χ2v) is 7.55. The normalized spacial score (nSPS) is 11.8. The zero-order chi connectivity index (χ0) is 24.3. The number of aliphatic hydroxyl groups is 2. The number of carbonyl (C=O) groups is 3. The lowest BCUT2D eigenvalue weighted by Crippen LogP contribution is -2.14. The van der Waals surface area contributed by atoms with Crippen LogP contribution in [-0.2, 0) is 6.42 Å². The molecule has 0 heterocycles. The molecule has 0 fully saturated rings. The van der Waals surface area contributed by atoms with E-state index in [0.717, 1.165) is 6.07 Å². The van der Waals surface area contributed by atoms with E-state index in [1.165, 1.54) is 36.4 Å². The van der Waals surface area contributed by atoms with E-state index in [1.54, 1.807) is 19.1 Å². The number of carboxylic acids is 2. The molecule has 0 bridgehead atoms. The Morgan fingerprint density at radius 1 is 0.848 bits per heavy atom. The van der Waals surface area contributed by atoms with E-state index in [4.69, 9.17) is 5.11 Å². The monoisotopic (exact) mass is 452 g/mol. The highest BCUT2D eigenvalue weighted by Gasteiger charge is 2.22. The SMILES string of the molecule is Cc1ccc(-c2ccc(C(=O)O)c(CC(=O)c3ccc(C(O)CO)cc3C(=O)O)c2)cc1F. The Labute approximate surface area is 188 Å². The molecule has 0 radical (unpaired) electrons. The van der Waals surface area contributed by atoms with Crippen LogP contribution in [0.5, 0.6) is 0 Å². The first-order valence-electron chi connectivity index (χ1n) is 9.94. The van der Waals surface area contributed by atoms with Crippen molar-refractivity contribution < 1.29 is 39.2 Å². The fraction of sp³-hybridized carbons (Fsp3) is 0.160. The Bertz CT molecular complexity index is 1250. The Balaban J connectivity index is 2.03. The highest BCUT2D eigenvalue weighted by Crippen LogP contribution is 2.26. The van der Waals surface area contributed by atoms with Crippen LogP contribution >= 0.6 is 0 Å². The van der Waals surface area contributed by atoms with E-state index in [9.17, 15) is 34.1 Å². The third-order valence-electron chi connectivity index (χ3n) is 5.32. The van der Waals surface area contributed by atoms with Gasteiger partial charge in [0, 0.05) is 12.0 Å². The fourth-order valence-electron chi connectivity index (χ4n) is 3.46. The highest BCUT2D eigenvalue weighted by molar-refractivity contribution is 6.07. The van der Waals surface area contributed by atoms with Gasteiger partial charge in [-0.3, -0.25) is 4.79 Å². The third kappa shape index (κ3) is 5.14. The van der Waals surface area contributed by atoms with Gasteiger partial charge in [-0.25, -0.2) is 14.0 Å². The number of hydrogen-bond acceptors (Lipinski definition) is 5. The molecule has 1 unspecified atom stereocenters. The van der Waals surface area contributed by atoms with Gasteiger partial charge < -0.3 is 20.4 Å². The number of halogens is 1. The fourth-order valence-corrected chi connectivity index (χ4v) is 3.46. The van der Waals surface area contributed by atoms with E-state index in [1.807, 2.05) is 0 Å². The minimum absolute atomic E-state index is 0.126. The van der Waals surface area contributed by atoms with Crippen LogP contribution in [0.3, 0.4) is 0 Å². The molecule has 3 aromatic carbocycles. The van der Waals surface area contributed by atoms with Gasteiger partial charge in [0.15, 0.2) is 5.78 Å². The first kappa shape index (κ1) is 23.8. The molecule has 170 valence electrons. The summed E-state index contributed by atoms with van der Waals surface area (Å²) in [5.41, 5.74) is 1.04. The Morgan fingerprint density at radius 3 is 2.06 bits per heavy atom. The summed E-state index contributed by atoms with van der Waals surface area (Å²) in [6.45, 7) is 0.988. The number of hydrogen-bond donors (Lipinski definition) is 4. The van der Waals surface area contributed by atoms with Crippen molar-refractivity contribution in [2.75, 3.05) is 6.61 Å². The van der Waals surface area contributed by atoms with Crippen molar-refractivity contribution >= 4 is 17.7 Å². The van der Waals surface area contributed by atoms with Gasteiger partial charge >= 0.3 is 11.9 Å². The lowest BCUT2D eigenvalue weighted by Gasteiger charge is -2.13. The molecule has 1 atom stereocenters. The molecule has 0 spiro atoms. The molecule has 0 aromatic heterocycles. The predicted molar refractivity (Wildman–Crippen MR) is 117 cm³/mol. The summed E-state index contributed by atoms with van der Waals surface area (Å²) >= 11 is 0. The molecule has 7 nitrogen and oxygen atoms in total. The van der Waals surface area contributed by atoms with Gasteiger partial charge in [-0.2, -0.15) is 0 Å². The average molecular weight is 452 g/mol. The largest absolute Gasteiger partial charge is 0.478 e. The van der Waals surface area contributed by atoms with Crippen LogP contribution in [0, 0.1) is 12.7 Å². The van der Waals surface area contributed by atoms with Gasteiger partial charge in [0.2, 0.25) is 0 Å². The lowest BCUT2D eigenvalue weighted by molar-refractivity contribution is 0.0681. The van der Waals surface area contributed by atoms with Crippen LogP contribution in [-0.4, -0.2) is 44.8 Å². The van der Waals surface area contributed by atoms with Crippen molar-refractivity contribution in [2.45, 2.75) is 19.4 Å². The van der Waals surface area contributed by atoms with Gasteiger partial charge in [0.05, 0.1) is 17.7 Å². The molecule has 4 N–H and O–H groups in total. The number of carboxylic acid groups (broad SMARTS) is 2. The maximum Gasteiger partial charge on any atom is 0.336 e. The third-order valence-corrected chi connectivity index (χ3v) is 5.32. The van der Waals surface area contributed by atoms with Crippen molar-refractivity contribution in [2.24, 2.45) is 0 Å². The Hall–Kier alpha value is -3.88. The van der Waals surface area contributed by atoms with Gasteiger partial charge in [-0.05, 0) is 59.0 Å². The summed E-state index contributed by atoms with van der Waals surface area (Å²) in [5, 5.41) is 37.9. The smallest absolute Gasteiger partial charge is 0.336 e. The Morgan fingerprint density at radius 2 is 1.45 bits per heavy atom. The zero-order valence-corrected chi connectivity index (χ0v) is 17.6. The van der Waals surface area contributed by atoms with E-state index < -0.39 is 42.7 Å². The second-order valence-electron chi connectivity index (χ2n) is 7.55. The summed E-state index contributed by atoms with van der Waals surface area (Å²) in [4.78, 5) is 36.4. The van der Waals surface area contributed by atoms with Crippen LogP contribution in [0.15, 0.2) is 54.6 Å². The molecule has 0 saturated carbocycles. The topological polar surface area (TPSA) is 132 Å². The van der Waals surface area contributed by atoms with Crippen LogP contribution in [0.4, 0.5) is 4.39 Å². The standard InChI is InChI=1S/C25H21FO7/c1-13-2-3-15(10-21(13)26)14-4-6-18(24(30)31)17(8-14)11-22(28)19-7-5-16(23(29)12-27)9-20(19)25(32)33/h2-10,23,27,29H,11-12H2,1H3,(H,30,31)(H,32,33). The summed E-state index contributed by atoms with van der Waals surface area (Å²) in [5.74, 6) is -3.75. The van der Waals surface area contributed by atoms with Crippen molar-refractivity contribution in [3.8, 4) is 11.1 Å². The lowest BCUT2D eigenvalue weighted by atomic mass is 9.91. The highest BCUT2D eigenvalue weighted by atomic mass is 19.1. The second kappa shape index (κ2) is 9.72. The van der Waals surface area contributed by atoms with Crippen molar-refractivity contribution in [1.82, 2.24) is 0 Å². The predicted octanol–water partition coefficient (Wildman–Crippen LogP) is 3.65. The summed E-state index contributed by atoms with van der Waals surface area (Å²) < 4.78 is 14.0. The number of aryl methyl sites for hydroxylation is 1. The van der Waals surface area contributed by atoms with Gasteiger partial charge in [0.25, 0.3) is 0 Å². The van der Waals surface area contributed by atoms with E-state index in [-0.39, 0.29) is 27.8 Å². The zero-order valence-electron chi connectivity index (χ0n) is 17.6. The van der Waals surface area contributed by atoms with Gasteiger partial charge in [0.1, 0.15) is 11.9 Å². The molecule has 33 heavy (non-hydrogen) atoms. The first-order chi connectivity index (χ1) is 15.6. The molecule has 8 heteroatoms. The van der Waals surface area contributed by atoms with Crippen molar-refractivity contribution in [3.63, 3.8) is 0 Å². The minimum Gasteiger partial charge on any atom is -0.478 e. The van der Waals surface area contributed by atoms with Gasteiger partial charge in [-0.1, -0.05) is 30.3 Å². The van der Waals surface area contributed by atoms with Crippen LogP contribution in [0.25, 0.3) is 11.1 Å². The molecule has 0 aliphatic carbocycles. The average Bonchev–Trinajstić information content (AvgIpc) is 2.79. The molecule has 3 aromatic rings. The summed E-state index contributed by atoms with van der Waals surface area (Å²) in [6.07, 6.45) is -1.72.